The SMILES string of the molecule is CC(O)CCN(C)C(=O)c1cccc(-n2cccc2)c1. The van der Waals surface area contributed by atoms with Crippen molar-refractivity contribution in [3.05, 3.63) is 54.4 Å². The summed E-state index contributed by atoms with van der Waals surface area (Å²) in [7, 11) is 1.76. The summed E-state index contributed by atoms with van der Waals surface area (Å²) in [4.78, 5) is 14.0. The van der Waals surface area contributed by atoms with Gasteiger partial charge in [-0.15, -0.1) is 0 Å². The number of hydrogen-bond acceptors (Lipinski definition) is 2. The van der Waals surface area contributed by atoms with Gasteiger partial charge in [0.15, 0.2) is 0 Å². The highest BCUT2D eigenvalue weighted by Gasteiger charge is 2.12. The summed E-state index contributed by atoms with van der Waals surface area (Å²) in [5.74, 6) is -0.0281. The average molecular weight is 272 g/mol. The largest absolute Gasteiger partial charge is 0.393 e. The molecule has 0 spiro atoms. The summed E-state index contributed by atoms with van der Waals surface area (Å²) >= 11 is 0. The first-order valence-electron chi connectivity index (χ1n) is 6.75. The highest BCUT2D eigenvalue weighted by Crippen LogP contribution is 2.12. The smallest absolute Gasteiger partial charge is 0.253 e. The van der Waals surface area contributed by atoms with Gasteiger partial charge in [0.25, 0.3) is 5.91 Å². The molecule has 0 saturated carbocycles. The molecule has 0 aliphatic rings. The quantitative estimate of drug-likeness (QED) is 0.908. The van der Waals surface area contributed by atoms with Crippen molar-refractivity contribution in [1.82, 2.24) is 9.47 Å². The second-order valence-electron chi connectivity index (χ2n) is 5.01. The molecule has 0 bridgehead atoms. The number of benzene rings is 1. The summed E-state index contributed by atoms with van der Waals surface area (Å²) in [6.45, 7) is 2.27. The van der Waals surface area contributed by atoms with E-state index in [2.05, 4.69) is 0 Å². The van der Waals surface area contributed by atoms with E-state index in [1.54, 1.807) is 18.9 Å². The standard InChI is InChI=1S/C16H20N2O2/c1-13(19)8-11-17(2)16(20)14-6-5-7-15(12-14)18-9-3-4-10-18/h3-7,9-10,12-13,19H,8,11H2,1-2H3. The average Bonchev–Trinajstić information content (AvgIpc) is 2.98. The molecule has 0 radical (unpaired) electrons. The Hall–Kier alpha value is -2.07. The Bertz CT molecular complexity index is 562. The van der Waals surface area contributed by atoms with Gasteiger partial charge in [0, 0.05) is 37.2 Å². The molecule has 0 aliphatic carbocycles. The normalized spacial score (nSPS) is 12.2. The van der Waals surface area contributed by atoms with Gasteiger partial charge in [-0.25, -0.2) is 0 Å². The number of carbonyl (C=O) groups is 1. The molecule has 1 aromatic heterocycles. The molecule has 106 valence electrons. The third-order valence-electron chi connectivity index (χ3n) is 3.22. The van der Waals surface area contributed by atoms with Gasteiger partial charge in [-0.3, -0.25) is 4.79 Å². The summed E-state index contributed by atoms with van der Waals surface area (Å²) < 4.78 is 1.96. The van der Waals surface area contributed by atoms with Gasteiger partial charge in [0.05, 0.1) is 6.10 Å². The van der Waals surface area contributed by atoms with Crippen LogP contribution in [0.4, 0.5) is 0 Å². The molecule has 2 aromatic rings. The molecule has 20 heavy (non-hydrogen) atoms. The van der Waals surface area contributed by atoms with Crippen LogP contribution in [-0.4, -0.2) is 40.2 Å². The zero-order chi connectivity index (χ0) is 14.5. The second kappa shape index (κ2) is 6.39. The van der Waals surface area contributed by atoms with Gasteiger partial charge in [-0.1, -0.05) is 6.07 Å². The van der Waals surface area contributed by atoms with Crippen molar-refractivity contribution in [1.29, 1.82) is 0 Å². The third kappa shape index (κ3) is 3.48. The van der Waals surface area contributed by atoms with Crippen LogP contribution in [0.25, 0.3) is 5.69 Å². The lowest BCUT2D eigenvalue weighted by molar-refractivity contribution is 0.0769. The molecule has 0 aliphatic heterocycles. The van der Waals surface area contributed by atoms with E-state index >= 15 is 0 Å². The lowest BCUT2D eigenvalue weighted by Gasteiger charge is -2.18. The predicted molar refractivity (Wildman–Crippen MR) is 79.0 cm³/mol. The van der Waals surface area contributed by atoms with Crippen molar-refractivity contribution < 1.29 is 9.90 Å². The van der Waals surface area contributed by atoms with E-state index in [-0.39, 0.29) is 5.91 Å². The monoisotopic (exact) mass is 272 g/mol. The Morgan fingerprint density at radius 3 is 2.65 bits per heavy atom. The van der Waals surface area contributed by atoms with Crippen LogP contribution in [0.2, 0.25) is 0 Å². The maximum atomic E-state index is 12.3. The number of amides is 1. The topological polar surface area (TPSA) is 45.5 Å². The minimum Gasteiger partial charge on any atom is -0.393 e. The lowest BCUT2D eigenvalue weighted by atomic mass is 10.1. The molecular formula is C16H20N2O2. The zero-order valence-electron chi connectivity index (χ0n) is 11.9. The van der Waals surface area contributed by atoms with Gasteiger partial charge in [-0.2, -0.15) is 0 Å². The van der Waals surface area contributed by atoms with Crippen molar-refractivity contribution in [2.24, 2.45) is 0 Å². The number of aliphatic hydroxyl groups excluding tert-OH is 1. The number of hydrogen-bond donors (Lipinski definition) is 1. The molecule has 0 fully saturated rings. The molecule has 1 amide bonds. The number of rotatable bonds is 5. The van der Waals surface area contributed by atoms with Crippen LogP contribution in [0, 0.1) is 0 Å². The van der Waals surface area contributed by atoms with E-state index in [9.17, 15) is 9.90 Å². The van der Waals surface area contributed by atoms with Gasteiger partial charge >= 0.3 is 0 Å². The van der Waals surface area contributed by atoms with Crippen LogP contribution in [0.5, 0.6) is 0 Å². The molecule has 1 N–H and O–H groups in total. The number of nitrogens with zero attached hydrogens (tertiary/aromatic N) is 2. The van der Waals surface area contributed by atoms with Crippen LogP contribution in [0.15, 0.2) is 48.8 Å². The van der Waals surface area contributed by atoms with E-state index in [0.717, 1.165) is 5.69 Å². The maximum absolute atomic E-state index is 12.3. The summed E-state index contributed by atoms with van der Waals surface area (Å²) in [5, 5.41) is 9.28. The van der Waals surface area contributed by atoms with E-state index in [0.29, 0.717) is 18.5 Å². The molecule has 1 atom stereocenters. The fraction of sp³-hybridized carbons (Fsp3) is 0.312. The maximum Gasteiger partial charge on any atom is 0.253 e. The van der Waals surface area contributed by atoms with Crippen LogP contribution >= 0.6 is 0 Å². The minimum absolute atomic E-state index is 0.0281. The molecule has 4 nitrogen and oxygen atoms in total. The fourth-order valence-corrected chi connectivity index (χ4v) is 2.01. The molecular weight excluding hydrogens is 252 g/mol. The molecule has 0 saturated heterocycles. The number of aromatic nitrogens is 1. The Morgan fingerprint density at radius 2 is 2.00 bits per heavy atom. The van der Waals surface area contributed by atoms with Crippen molar-refractivity contribution in [2.45, 2.75) is 19.4 Å². The van der Waals surface area contributed by atoms with Crippen molar-refractivity contribution >= 4 is 5.91 Å². The Labute approximate surface area is 119 Å². The van der Waals surface area contributed by atoms with E-state index in [4.69, 9.17) is 0 Å². The van der Waals surface area contributed by atoms with Gasteiger partial charge < -0.3 is 14.6 Å². The molecule has 4 heteroatoms. The first-order chi connectivity index (χ1) is 9.58. The van der Waals surface area contributed by atoms with Gasteiger partial charge in [0.2, 0.25) is 0 Å². The highest BCUT2D eigenvalue weighted by molar-refractivity contribution is 5.94. The minimum atomic E-state index is -0.392. The van der Waals surface area contributed by atoms with Crippen LogP contribution < -0.4 is 0 Å². The summed E-state index contributed by atoms with van der Waals surface area (Å²) in [6.07, 6.45) is 4.08. The van der Waals surface area contributed by atoms with E-state index in [1.165, 1.54) is 0 Å². The third-order valence-corrected chi connectivity index (χ3v) is 3.22. The summed E-state index contributed by atoms with van der Waals surface area (Å²) in [6, 6.07) is 11.4. The number of aliphatic hydroxyl groups is 1. The van der Waals surface area contributed by atoms with E-state index in [1.807, 2.05) is 53.4 Å². The highest BCUT2D eigenvalue weighted by atomic mass is 16.3. The van der Waals surface area contributed by atoms with Gasteiger partial charge in [0.1, 0.15) is 0 Å². The molecule has 2 rings (SSSR count). The molecule has 1 heterocycles. The summed E-state index contributed by atoms with van der Waals surface area (Å²) in [5.41, 5.74) is 1.62. The molecule has 1 aromatic carbocycles. The van der Waals surface area contributed by atoms with Crippen molar-refractivity contribution in [2.75, 3.05) is 13.6 Å². The van der Waals surface area contributed by atoms with Crippen LogP contribution in [0.1, 0.15) is 23.7 Å². The Morgan fingerprint density at radius 1 is 1.30 bits per heavy atom. The van der Waals surface area contributed by atoms with Crippen molar-refractivity contribution in [3.63, 3.8) is 0 Å². The predicted octanol–water partition coefficient (Wildman–Crippen LogP) is 2.32. The first-order valence-corrected chi connectivity index (χ1v) is 6.75. The van der Waals surface area contributed by atoms with Crippen molar-refractivity contribution in [3.8, 4) is 5.69 Å². The fourth-order valence-electron chi connectivity index (χ4n) is 2.01. The van der Waals surface area contributed by atoms with Crippen LogP contribution in [-0.2, 0) is 0 Å². The zero-order valence-corrected chi connectivity index (χ0v) is 11.9. The Kier molecular flexibility index (Phi) is 4.58. The second-order valence-corrected chi connectivity index (χ2v) is 5.01. The van der Waals surface area contributed by atoms with E-state index < -0.39 is 6.10 Å². The lowest BCUT2D eigenvalue weighted by Crippen LogP contribution is -2.29. The van der Waals surface area contributed by atoms with Gasteiger partial charge in [-0.05, 0) is 43.7 Å². The van der Waals surface area contributed by atoms with Crippen LogP contribution in [0.3, 0.4) is 0 Å². The first kappa shape index (κ1) is 14.3. The number of carbonyl (C=O) groups excluding carboxylic acids is 1. The Balaban J connectivity index is 2.12. The molecule has 1 unspecified atom stereocenters.